The summed E-state index contributed by atoms with van der Waals surface area (Å²) in [5, 5.41) is 0. The van der Waals surface area contributed by atoms with Gasteiger partial charge in [0, 0.05) is 44.5 Å². The van der Waals surface area contributed by atoms with Crippen LogP contribution in [-0.2, 0) is 13.0 Å². The van der Waals surface area contributed by atoms with Crippen molar-refractivity contribution in [3.8, 4) is 16.9 Å². The molecule has 0 fully saturated rings. The zero-order valence-electron chi connectivity index (χ0n) is 15.7. The minimum absolute atomic E-state index is 0.0270. The molecule has 138 valence electrons. The normalized spacial score (nSPS) is 12.5. The van der Waals surface area contributed by atoms with E-state index >= 15 is 0 Å². The predicted octanol–water partition coefficient (Wildman–Crippen LogP) is 3.57. The maximum Gasteiger partial charge on any atom is 0.253 e. The number of hydrogen-bond donors (Lipinski definition) is 0. The van der Waals surface area contributed by atoms with E-state index in [1.165, 1.54) is 5.56 Å². The lowest BCUT2D eigenvalue weighted by atomic mass is 10.00. The number of likely N-dealkylation sites (N-methyl/N-ethyl adjacent to an activating group) is 1. The zero-order valence-corrected chi connectivity index (χ0v) is 15.7. The molecular weight excluding hydrogens is 338 g/mol. The van der Waals surface area contributed by atoms with Gasteiger partial charge in [0.2, 0.25) is 0 Å². The van der Waals surface area contributed by atoms with Gasteiger partial charge in [-0.3, -0.25) is 4.79 Å². The molecule has 0 aliphatic carbocycles. The van der Waals surface area contributed by atoms with Gasteiger partial charge in [-0.05, 0) is 47.9 Å². The first-order valence-electron chi connectivity index (χ1n) is 9.21. The number of fused-ring (bicyclic) bond motifs is 1. The van der Waals surface area contributed by atoms with Crippen molar-refractivity contribution in [1.82, 2.24) is 14.5 Å². The second-order valence-electron chi connectivity index (χ2n) is 6.90. The molecule has 0 bridgehead atoms. The van der Waals surface area contributed by atoms with Crippen LogP contribution in [0.3, 0.4) is 0 Å². The van der Waals surface area contributed by atoms with E-state index in [0.29, 0.717) is 12.1 Å². The molecule has 1 aliphatic heterocycles. The third kappa shape index (κ3) is 3.58. The Kier molecular flexibility index (Phi) is 4.67. The van der Waals surface area contributed by atoms with Crippen LogP contribution in [0, 0.1) is 6.92 Å². The van der Waals surface area contributed by atoms with Crippen LogP contribution >= 0.6 is 0 Å². The monoisotopic (exact) mass is 361 g/mol. The van der Waals surface area contributed by atoms with Crippen LogP contribution in [0.25, 0.3) is 11.1 Å². The Labute approximate surface area is 159 Å². The third-order valence-electron chi connectivity index (χ3n) is 5.08. The topological polar surface area (TPSA) is 47.4 Å². The fourth-order valence-corrected chi connectivity index (χ4v) is 3.42. The Morgan fingerprint density at radius 2 is 2.07 bits per heavy atom. The van der Waals surface area contributed by atoms with Crippen LogP contribution in [0.15, 0.2) is 54.9 Å². The van der Waals surface area contributed by atoms with E-state index in [2.05, 4.69) is 17.1 Å². The van der Waals surface area contributed by atoms with Gasteiger partial charge in [-0.1, -0.05) is 18.2 Å². The van der Waals surface area contributed by atoms with Crippen molar-refractivity contribution >= 4 is 5.91 Å². The summed E-state index contributed by atoms with van der Waals surface area (Å²) in [6.07, 6.45) is 4.66. The summed E-state index contributed by atoms with van der Waals surface area (Å²) in [4.78, 5) is 18.8. The molecular formula is C22H23N3O2. The maximum atomic E-state index is 12.8. The first-order valence-corrected chi connectivity index (χ1v) is 9.21. The van der Waals surface area contributed by atoms with Gasteiger partial charge in [0.1, 0.15) is 11.6 Å². The number of nitrogens with zero attached hydrogens (tertiary/aromatic N) is 3. The van der Waals surface area contributed by atoms with Gasteiger partial charge in [0.25, 0.3) is 5.91 Å². The van der Waals surface area contributed by atoms with E-state index in [1.54, 1.807) is 11.1 Å². The summed E-state index contributed by atoms with van der Waals surface area (Å²) in [6, 6.07) is 14.1. The number of carbonyl (C=O) groups excluding carboxylic acids is 1. The Morgan fingerprint density at radius 1 is 1.22 bits per heavy atom. The molecule has 3 aromatic rings. The number of aromatic nitrogens is 2. The molecule has 0 unspecified atom stereocenters. The molecule has 0 spiro atoms. The van der Waals surface area contributed by atoms with Crippen LogP contribution in [-0.4, -0.2) is 40.6 Å². The standard InChI is InChI=1S/C22H23N3O2/c1-16-23-9-10-25(16)12-11-24(2)22(26)20-5-3-4-17(15-20)18-6-7-21-19(14-18)8-13-27-21/h3-7,9-10,14-15H,8,11-13H2,1-2H3. The van der Waals surface area contributed by atoms with Crippen LogP contribution in [0.5, 0.6) is 5.75 Å². The molecule has 0 N–H and O–H groups in total. The van der Waals surface area contributed by atoms with Crippen molar-refractivity contribution in [2.24, 2.45) is 0 Å². The largest absolute Gasteiger partial charge is 0.493 e. The molecule has 27 heavy (non-hydrogen) atoms. The molecule has 4 rings (SSSR count). The SMILES string of the molecule is Cc1nccn1CCN(C)C(=O)c1cccc(-c2ccc3c(c2)CCO3)c1. The van der Waals surface area contributed by atoms with Gasteiger partial charge < -0.3 is 14.2 Å². The third-order valence-corrected chi connectivity index (χ3v) is 5.08. The Bertz CT molecular complexity index is 977. The van der Waals surface area contributed by atoms with Gasteiger partial charge in [0.05, 0.1) is 6.61 Å². The van der Waals surface area contributed by atoms with E-state index in [4.69, 9.17) is 4.74 Å². The lowest BCUT2D eigenvalue weighted by Gasteiger charge is -2.18. The highest BCUT2D eigenvalue weighted by atomic mass is 16.5. The second-order valence-corrected chi connectivity index (χ2v) is 6.90. The van der Waals surface area contributed by atoms with Crippen molar-refractivity contribution in [3.05, 3.63) is 71.8 Å². The molecule has 5 heteroatoms. The molecule has 1 aliphatic rings. The molecule has 0 saturated carbocycles. The quantitative estimate of drug-likeness (QED) is 0.698. The van der Waals surface area contributed by atoms with Crippen molar-refractivity contribution < 1.29 is 9.53 Å². The number of imidazole rings is 1. The first-order chi connectivity index (χ1) is 13.1. The molecule has 0 radical (unpaired) electrons. The van der Waals surface area contributed by atoms with E-state index in [1.807, 2.05) is 55.1 Å². The molecule has 2 heterocycles. The van der Waals surface area contributed by atoms with Crippen LogP contribution in [0.4, 0.5) is 0 Å². The summed E-state index contributed by atoms with van der Waals surface area (Å²) in [5.74, 6) is 1.96. The average Bonchev–Trinajstić information content (AvgIpc) is 3.33. The first kappa shape index (κ1) is 17.3. The van der Waals surface area contributed by atoms with Crippen molar-refractivity contribution in [3.63, 3.8) is 0 Å². The number of amides is 1. The lowest BCUT2D eigenvalue weighted by Crippen LogP contribution is -2.30. The van der Waals surface area contributed by atoms with Crippen molar-refractivity contribution in [1.29, 1.82) is 0 Å². The van der Waals surface area contributed by atoms with Crippen LogP contribution in [0.2, 0.25) is 0 Å². The van der Waals surface area contributed by atoms with Crippen molar-refractivity contribution in [2.45, 2.75) is 19.9 Å². The Morgan fingerprint density at radius 3 is 2.89 bits per heavy atom. The van der Waals surface area contributed by atoms with Crippen LogP contribution in [0.1, 0.15) is 21.7 Å². The summed E-state index contributed by atoms with van der Waals surface area (Å²) in [7, 11) is 1.84. The van der Waals surface area contributed by atoms with Gasteiger partial charge in [0.15, 0.2) is 0 Å². The number of hydrogen-bond acceptors (Lipinski definition) is 3. The van der Waals surface area contributed by atoms with Gasteiger partial charge in [-0.2, -0.15) is 0 Å². The summed E-state index contributed by atoms with van der Waals surface area (Å²) in [5.41, 5.74) is 4.10. The molecule has 1 amide bonds. The smallest absolute Gasteiger partial charge is 0.253 e. The average molecular weight is 361 g/mol. The summed E-state index contributed by atoms with van der Waals surface area (Å²) >= 11 is 0. The van der Waals surface area contributed by atoms with E-state index in [-0.39, 0.29) is 5.91 Å². The minimum Gasteiger partial charge on any atom is -0.493 e. The van der Waals surface area contributed by atoms with Gasteiger partial charge in [-0.15, -0.1) is 0 Å². The fraction of sp³-hybridized carbons (Fsp3) is 0.273. The highest BCUT2D eigenvalue weighted by Gasteiger charge is 2.15. The molecule has 0 atom stereocenters. The molecule has 1 aromatic heterocycles. The van der Waals surface area contributed by atoms with E-state index in [9.17, 15) is 4.79 Å². The molecule has 2 aromatic carbocycles. The highest BCUT2D eigenvalue weighted by molar-refractivity contribution is 5.95. The van der Waals surface area contributed by atoms with Gasteiger partial charge in [-0.25, -0.2) is 4.98 Å². The van der Waals surface area contributed by atoms with Crippen molar-refractivity contribution in [2.75, 3.05) is 20.2 Å². The predicted molar refractivity (Wildman–Crippen MR) is 105 cm³/mol. The minimum atomic E-state index is 0.0270. The molecule has 0 saturated heterocycles. The summed E-state index contributed by atoms with van der Waals surface area (Å²) in [6.45, 7) is 4.08. The summed E-state index contributed by atoms with van der Waals surface area (Å²) < 4.78 is 7.63. The Balaban J connectivity index is 1.49. The lowest BCUT2D eigenvalue weighted by molar-refractivity contribution is 0.0790. The van der Waals surface area contributed by atoms with Crippen LogP contribution < -0.4 is 4.74 Å². The number of rotatable bonds is 5. The van der Waals surface area contributed by atoms with Gasteiger partial charge >= 0.3 is 0 Å². The molecule has 5 nitrogen and oxygen atoms in total. The number of benzene rings is 2. The number of carbonyl (C=O) groups is 1. The number of aryl methyl sites for hydroxylation is 1. The second kappa shape index (κ2) is 7.27. The van der Waals surface area contributed by atoms with E-state index in [0.717, 1.165) is 42.3 Å². The fourth-order valence-electron chi connectivity index (χ4n) is 3.42. The number of ether oxygens (including phenoxy) is 1. The zero-order chi connectivity index (χ0) is 18.8. The Hall–Kier alpha value is -3.08. The van der Waals surface area contributed by atoms with E-state index < -0.39 is 0 Å². The highest BCUT2D eigenvalue weighted by Crippen LogP contribution is 2.30. The maximum absolute atomic E-state index is 12.8.